The highest BCUT2D eigenvalue weighted by Gasteiger charge is 2.34. The Hall–Kier alpha value is -2.13. The molecule has 2 aromatic carbocycles. The summed E-state index contributed by atoms with van der Waals surface area (Å²) in [5.41, 5.74) is 5.37. The molecule has 1 aliphatic carbocycles. The summed E-state index contributed by atoms with van der Waals surface area (Å²) in [6, 6.07) is 13.9. The largest absolute Gasteiger partial charge is 0.273 e. The average Bonchev–Trinajstić information content (AvgIpc) is 2.55. The van der Waals surface area contributed by atoms with Gasteiger partial charge in [0, 0.05) is 22.9 Å². The molecule has 3 nitrogen and oxygen atoms in total. The van der Waals surface area contributed by atoms with Gasteiger partial charge in [-0.15, -0.1) is 0 Å². The van der Waals surface area contributed by atoms with Gasteiger partial charge in [0.1, 0.15) is 0 Å². The van der Waals surface area contributed by atoms with E-state index in [1.807, 2.05) is 49.4 Å². The Balaban J connectivity index is 1.79. The third kappa shape index (κ3) is 2.55. The standard InChI is InChI=1S/C19H17ClN2O/c1-12-2-7-16(8-3-12)22-18(23)11-14-5-4-13-10-15(20)6-9-17(13)19(14)21-22/h2-3,6-10,14H,4-5,11H2,1H3. The minimum atomic E-state index is 0.0695. The fourth-order valence-electron chi connectivity index (χ4n) is 3.39. The van der Waals surface area contributed by atoms with Crippen molar-refractivity contribution in [1.82, 2.24) is 0 Å². The summed E-state index contributed by atoms with van der Waals surface area (Å²) in [5, 5.41) is 7.02. The van der Waals surface area contributed by atoms with Crippen molar-refractivity contribution < 1.29 is 4.79 Å². The van der Waals surface area contributed by atoms with Gasteiger partial charge in [-0.25, -0.2) is 5.01 Å². The molecule has 1 atom stereocenters. The molecule has 23 heavy (non-hydrogen) atoms. The number of rotatable bonds is 1. The zero-order valence-electron chi connectivity index (χ0n) is 12.9. The molecule has 4 rings (SSSR count). The number of hydrogen-bond acceptors (Lipinski definition) is 2. The summed E-state index contributed by atoms with van der Waals surface area (Å²) in [5.74, 6) is 0.290. The number of fused-ring (bicyclic) bond motifs is 3. The van der Waals surface area contributed by atoms with Gasteiger partial charge in [0.2, 0.25) is 5.91 Å². The van der Waals surface area contributed by atoms with Crippen LogP contribution in [0.15, 0.2) is 47.6 Å². The molecule has 0 bridgehead atoms. The summed E-state index contributed by atoms with van der Waals surface area (Å²) in [4.78, 5) is 12.5. The molecule has 1 unspecified atom stereocenters. The van der Waals surface area contributed by atoms with Crippen LogP contribution in [0, 0.1) is 12.8 Å². The molecule has 0 aromatic heterocycles. The number of benzene rings is 2. The maximum atomic E-state index is 12.5. The van der Waals surface area contributed by atoms with Crippen molar-refractivity contribution in [3.05, 3.63) is 64.2 Å². The predicted octanol–water partition coefficient (Wildman–Crippen LogP) is 4.35. The molecule has 0 fully saturated rings. The number of halogens is 1. The van der Waals surface area contributed by atoms with Crippen LogP contribution < -0.4 is 5.01 Å². The third-order valence-corrected chi connectivity index (χ3v) is 4.87. The lowest BCUT2D eigenvalue weighted by Gasteiger charge is -2.33. The summed E-state index contributed by atoms with van der Waals surface area (Å²) in [6.45, 7) is 2.03. The topological polar surface area (TPSA) is 32.7 Å². The van der Waals surface area contributed by atoms with Crippen LogP contribution in [0.5, 0.6) is 0 Å². The quantitative estimate of drug-likeness (QED) is 0.767. The van der Waals surface area contributed by atoms with Crippen LogP contribution in [0.3, 0.4) is 0 Å². The van der Waals surface area contributed by atoms with Gasteiger partial charge in [0.25, 0.3) is 0 Å². The van der Waals surface area contributed by atoms with E-state index >= 15 is 0 Å². The Labute approximate surface area is 140 Å². The van der Waals surface area contributed by atoms with Gasteiger partial charge in [-0.1, -0.05) is 35.4 Å². The van der Waals surface area contributed by atoms with Crippen LogP contribution in [-0.4, -0.2) is 11.6 Å². The first-order valence-corrected chi connectivity index (χ1v) is 8.26. The lowest BCUT2D eigenvalue weighted by molar-refractivity contribution is -0.119. The number of carbonyl (C=O) groups excluding carboxylic acids is 1. The van der Waals surface area contributed by atoms with Gasteiger partial charge < -0.3 is 0 Å². The third-order valence-electron chi connectivity index (χ3n) is 4.64. The number of carbonyl (C=O) groups is 1. The predicted molar refractivity (Wildman–Crippen MR) is 93.1 cm³/mol. The van der Waals surface area contributed by atoms with E-state index in [4.69, 9.17) is 16.7 Å². The van der Waals surface area contributed by atoms with E-state index in [0.29, 0.717) is 6.42 Å². The molecule has 4 heteroatoms. The number of hydrazone groups is 1. The molecule has 1 aliphatic heterocycles. The Kier molecular flexibility index (Phi) is 3.46. The first-order chi connectivity index (χ1) is 11.1. The van der Waals surface area contributed by atoms with Crippen molar-refractivity contribution in [3.63, 3.8) is 0 Å². The normalized spacial score (nSPS) is 19.9. The van der Waals surface area contributed by atoms with Crippen molar-refractivity contribution in [2.75, 3.05) is 5.01 Å². The summed E-state index contributed by atoms with van der Waals surface area (Å²) >= 11 is 6.11. The fourth-order valence-corrected chi connectivity index (χ4v) is 3.58. The molecule has 2 aromatic rings. The second-order valence-corrected chi connectivity index (χ2v) is 6.70. The van der Waals surface area contributed by atoms with E-state index in [9.17, 15) is 4.79 Å². The van der Waals surface area contributed by atoms with Crippen molar-refractivity contribution in [2.24, 2.45) is 11.0 Å². The Bertz CT molecular complexity index is 811. The highest BCUT2D eigenvalue weighted by molar-refractivity contribution is 6.30. The molecular weight excluding hydrogens is 308 g/mol. The number of nitrogens with zero attached hydrogens (tertiary/aromatic N) is 2. The van der Waals surface area contributed by atoms with Gasteiger partial charge in [0.15, 0.2) is 0 Å². The lowest BCUT2D eigenvalue weighted by atomic mass is 9.79. The second-order valence-electron chi connectivity index (χ2n) is 6.27. The minimum absolute atomic E-state index is 0.0695. The van der Waals surface area contributed by atoms with E-state index in [-0.39, 0.29) is 11.8 Å². The van der Waals surface area contributed by atoms with Crippen molar-refractivity contribution in [2.45, 2.75) is 26.2 Å². The van der Waals surface area contributed by atoms with Crippen LogP contribution in [0.25, 0.3) is 0 Å². The molecule has 2 aliphatic rings. The van der Waals surface area contributed by atoms with E-state index in [2.05, 4.69) is 0 Å². The molecule has 116 valence electrons. The van der Waals surface area contributed by atoms with Crippen LogP contribution in [0.2, 0.25) is 5.02 Å². The fraction of sp³-hybridized carbons (Fsp3) is 0.263. The molecule has 0 radical (unpaired) electrons. The van der Waals surface area contributed by atoms with Crippen LogP contribution in [0.4, 0.5) is 5.69 Å². The second kappa shape index (κ2) is 5.50. The van der Waals surface area contributed by atoms with Crippen molar-refractivity contribution >= 4 is 28.9 Å². The Morgan fingerprint density at radius 2 is 1.96 bits per heavy atom. The molecule has 1 heterocycles. The molecule has 0 saturated carbocycles. The zero-order chi connectivity index (χ0) is 16.0. The highest BCUT2D eigenvalue weighted by Crippen LogP contribution is 2.34. The zero-order valence-corrected chi connectivity index (χ0v) is 13.7. The molecule has 0 spiro atoms. The van der Waals surface area contributed by atoms with Crippen LogP contribution in [-0.2, 0) is 11.2 Å². The van der Waals surface area contributed by atoms with Gasteiger partial charge in [-0.3, -0.25) is 4.79 Å². The molecular formula is C19H17ClN2O. The van der Waals surface area contributed by atoms with Crippen LogP contribution >= 0.6 is 11.6 Å². The maximum Gasteiger partial charge on any atom is 0.248 e. The van der Waals surface area contributed by atoms with E-state index in [0.717, 1.165) is 34.8 Å². The number of anilines is 1. The van der Waals surface area contributed by atoms with Gasteiger partial charge in [0.05, 0.1) is 11.4 Å². The maximum absolute atomic E-state index is 12.5. The first kappa shape index (κ1) is 14.5. The first-order valence-electron chi connectivity index (χ1n) is 7.89. The molecule has 0 saturated heterocycles. The number of hydrogen-bond donors (Lipinski definition) is 0. The minimum Gasteiger partial charge on any atom is -0.273 e. The Morgan fingerprint density at radius 3 is 2.74 bits per heavy atom. The van der Waals surface area contributed by atoms with Crippen molar-refractivity contribution in [3.8, 4) is 0 Å². The SMILES string of the molecule is Cc1ccc(N2N=C3c4ccc(Cl)cc4CCC3CC2=O)cc1. The van der Waals surface area contributed by atoms with Gasteiger partial charge >= 0.3 is 0 Å². The monoisotopic (exact) mass is 324 g/mol. The van der Waals surface area contributed by atoms with E-state index in [1.54, 1.807) is 5.01 Å². The smallest absolute Gasteiger partial charge is 0.248 e. The molecule has 0 N–H and O–H groups in total. The van der Waals surface area contributed by atoms with Gasteiger partial charge in [-0.05, 0) is 49.6 Å². The summed E-state index contributed by atoms with van der Waals surface area (Å²) in [6.07, 6.45) is 2.44. The highest BCUT2D eigenvalue weighted by atomic mass is 35.5. The Morgan fingerprint density at radius 1 is 1.17 bits per heavy atom. The summed E-state index contributed by atoms with van der Waals surface area (Å²) < 4.78 is 0. The average molecular weight is 325 g/mol. The molecule has 1 amide bonds. The number of amides is 1. The number of aryl methyl sites for hydroxylation is 2. The van der Waals surface area contributed by atoms with E-state index < -0.39 is 0 Å². The van der Waals surface area contributed by atoms with Crippen molar-refractivity contribution in [1.29, 1.82) is 0 Å². The van der Waals surface area contributed by atoms with Crippen LogP contribution in [0.1, 0.15) is 29.5 Å². The van der Waals surface area contributed by atoms with E-state index in [1.165, 1.54) is 11.1 Å². The summed E-state index contributed by atoms with van der Waals surface area (Å²) in [7, 11) is 0. The lowest BCUT2D eigenvalue weighted by Crippen LogP contribution is -2.39. The van der Waals surface area contributed by atoms with Gasteiger partial charge in [-0.2, -0.15) is 5.10 Å².